The van der Waals surface area contributed by atoms with Gasteiger partial charge in [-0.2, -0.15) is 0 Å². The molecule has 0 saturated carbocycles. The summed E-state index contributed by atoms with van der Waals surface area (Å²) >= 11 is 0. The summed E-state index contributed by atoms with van der Waals surface area (Å²) in [5.41, 5.74) is 3.34. The molecule has 0 saturated heterocycles. The third kappa shape index (κ3) is 3.36. The van der Waals surface area contributed by atoms with Gasteiger partial charge in [-0.15, -0.1) is 0 Å². The van der Waals surface area contributed by atoms with Gasteiger partial charge in [0.1, 0.15) is 5.75 Å². The zero-order chi connectivity index (χ0) is 13.7. The molecular formula is C17H21NO. The first-order valence-electron chi connectivity index (χ1n) is 6.71. The lowest BCUT2D eigenvalue weighted by atomic mass is 9.87. The Bertz CT molecular complexity index is 522. The fourth-order valence-corrected chi connectivity index (χ4v) is 2.42. The van der Waals surface area contributed by atoms with Crippen LogP contribution in [0.3, 0.4) is 0 Å². The summed E-state index contributed by atoms with van der Waals surface area (Å²) in [5, 5.41) is 13.4. The molecule has 0 radical (unpaired) electrons. The largest absolute Gasteiger partial charge is 0.508 e. The van der Waals surface area contributed by atoms with Gasteiger partial charge in [0.05, 0.1) is 0 Å². The Labute approximate surface area is 115 Å². The predicted octanol–water partition coefficient (Wildman–Crippen LogP) is 3.44. The van der Waals surface area contributed by atoms with E-state index in [9.17, 15) is 5.11 Å². The van der Waals surface area contributed by atoms with Crippen LogP contribution < -0.4 is 5.32 Å². The lowest BCUT2D eigenvalue weighted by Gasteiger charge is -2.19. The van der Waals surface area contributed by atoms with Gasteiger partial charge in [-0.3, -0.25) is 0 Å². The van der Waals surface area contributed by atoms with Gasteiger partial charge in [-0.1, -0.05) is 42.5 Å². The van der Waals surface area contributed by atoms with E-state index in [4.69, 9.17) is 0 Å². The van der Waals surface area contributed by atoms with Crippen LogP contribution in [0, 0.1) is 6.92 Å². The number of phenols is 1. The van der Waals surface area contributed by atoms with Gasteiger partial charge < -0.3 is 10.4 Å². The van der Waals surface area contributed by atoms with E-state index in [1.807, 2.05) is 44.3 Å². The van der Waals surface area contributed by atoms with Gasteiger partial charge in [-0.25, -0.2) is 0 Å². The maximum absolute atomic E-state index is 10.2. The first-order valence-corrected chi connectivity index (χ1v) is 6.71. The van der Waals surface area contributed by atoms with Gasteiger partial charge >= 0.3 is 0 Å². The molecule has 2 nitrogen and oxygen atoms in total. The summed E-state index contributed by atoms with van der Waals surface area (Å²) < 4.78 is 0. The van der Waals surface area contributed by atoms with E-state index in [0.717, 1.165) is 24.1 Å². The molecule has 1 unspecified atom stereocenters. The Morgan fingerprint density at radius 3 is 2.47 bits per heavy atom. The summed E-state index contributed by atoms with van der Waals surface area (Å²) in [4.78, 5) is 0. The number of rotatable bonds is 5. The van der Waals surface area contributed by atoms with Crippen molar-refractivity contribution in [3.05, 3.63) is 65.2 Å². The van der Waals surface area contributed by atoms with Crippen molar-refractivity contribution in [2.75, 3.05) is 13.6 Å². The molecule has 0 bridgehead atoms. The molecule has 0 fully saturated rings. The highest BCUT2D eigenvalue weighted by atomic mass is 16.3. The van der Waals surface area contributed by atoms with Crippen LogP contribution in [0.4, 0.5) is 0 Å². The molecule has 0 aliphatic rings. The van der Waals surface area contributed by atoms with Crippen LogP contribution in [0.1, 0.15) is 29.0 Å². The van der Waals surface area contributed by atoms with E-state index in [0.29, 0.717) is 5.75 Å². The average molecular weight is 255 g/mol. The molecule has 0 aliphatic heterocycles. The smallest absolute Gasteiger partial charge is 0.119 e. The summed E-state index contributed by atoms with van der Waals surface area (Å²) in [6, 6.07) is 16.3. The molecule has 2 rings (SSSR count). The fraction of sp³-hybridized carbons (Fsp3) is 0.294. The summed E-state index contributed by atoms with van der Waals surface area (Å²) in [6.45, 7) is 2.92. The highest BCUT2D eigenvalue weighted by Crippen LogP contribution is 2.34. The number of hydrogen-bond donors (Lipinski definition) is 2. The van der Waals surface area contributed by atoms with Gasteiger partial charge in [0.25, 0.3) is 0 Å². The van der Waals surface area contributed by atoms with E-state index in [1.54, 1.807) is 0 Å². The molecule has 0 aromatic heterocycles. The number of aromatic hydroxyl groups is 1. The van der Waals surface area contributed by atoms with Crippen molar-refractivity contribution in [2.24, 2.45) is 0 Å². The van der Waals surface area contributed by atoms with Crippen LogP contribution >= 0.6 is 0 Å². The maximum Gasteiger partial charge on any atom is 0.119 e. The molecule has 2 aromatic rings. The van der Waals surface area contributed by atoms with Crippen LogP contribution in [0.2, 0.25) is 0 Å². The van der Waals surface area contributed by atoms with Crippen LogP contribution in [-0.4, -0.2) is 18.7 Å². The van der Waals surface area contributed by atoms with Crippen molar-refractivity contribution in [2.45, 2.75) is 19.3 Å². The highest BCUT2D eigenvalue weighted by Gasteiger charge is 2.16. The van der Waals surface area contributed by atoms with E-state index < -0.39 is 0 Å². The highest BCUT2D eigenvalue weighted by molar-refractivity contribution is 5.43. The van der Waals surface area contributed by atoms with Crippen molar-refractivity contribution in [1.82, 2.24) is 5.32 Å². The van der Waals surface area contributed by atoms with E-state index in [1.165, 1.54) is 5.56 Å². The van der Waals surface area contributed by atoms with Crippen molar-refractivity contribution in [3.8, 4) is 5.75 Å². The fourth-order valence-electron chi connectivity index (χ4n) is 2.42. The van der Waals surface area contributed by atoms with E-state index >= 15 is 0 Å². The normalized spacial score (nSPS) is 12.3. The number of aryl methyl sites for hydroxylation is 1. The van der Waals surface area contributed by atoms with Crippen molar-refractivity contribution in [1.29, 1.82) is 0 Å². The summed E-state index contributed by atoms with van der Waals surface area (Å²) in [6.07, 6.45) is 0.969. The molecule has 0 heterocycles. The Morgan fingerprint density at radius 2 is 1.84 bits per heavy atom. The molecule has 2 N–H and O–H groups in total. The second kappa shape index (κ2) is 6.39. The van der Waals surface area contributed by atoms with Crippen molar-refractivity contribution in [3.63, 3.8) is 0 Å². The Kier molecular flexibility index (Phi) is 4.58. The summed E-state index contributed by atoms with van der Waals surface area (Å²) in [5.74, 6) is 0.624. The lowest BCUT2D eigenvalue weighted by Crippen LogP contribution is -2.13. The molecule has 1 atom stereocenters. The zero-order valence-corrected chi connectivity index (χ0v) is 11.6. The molecule has 100 valence electrons. The minimum absolute atomic E-state index is 0.231. The quantitative estimate of drug-likeness (QED) is 0.857. The molecule has 2 aromatic carbocycles. The predicted molar refractivity (Wildman–Crippen MR) is 79.7 cm³/mol. The Hall–Kier alpha value is -1.80. The topological polar surface area (TPSA) is 32.3 Å². The second-order valence-electron chi connectivity index (χ2n) is 4.92. The first kappa shape index (κ1) is 13.6. The van der Waals surface area contributed by atoms with Gasteiger partial charge in [0.15, 0.2) is 0 Å². The first-order chi connectivity index (χ1) is 9.22. The third-order valence-corrected chi connectivity index (χ3v) is 3.45. The minimum atomic E-state index is 0.231. The maximum atomic E-state index is 10.2. The van der Waals surface area contributed by atoms with E-state index in [-0.39, 0.29) is 5.92 Å². The second-order valence-corrected chi connectivity index (χ2v) is 4.92. The monoisotopic (exact) mass is 255 g/mol. The molecule has 0 amide bonds. The molecule has 0 spiro atoms. The van der Waals surface area contributed by atoms with Gasteiger partial charge in [-0.05, 0) is 44.1 Å². The standard InChI is InChI=1S/C17H21NO/c1-13-8-9-16(17(19)12-13)15(10-11-18-2)14-6-4-3-5-7-14/h3-9,12,15,18-19H,10-11H2,1-2H3. The van der Waals surface area contributed by atoms with Crippen molar-refractivity contribution >= 4 is 0 Å². The van der Waals surface area contributed by atoms with Gasteiger partial charge in [0, 0.05) is 11.5 Å². The SMILES string of the molecule is CNCCC(c1ccccc1)c1ccc(C)cc1O. The molecule has 19 heavy (non-hydrogen) atoms. The molecule has 0 aliphatic carbocycles. The van der Waals surface area contributed by atoms with Crippen LogP contribution in [0.5, 0.6) is 5.75 Å². The number of phenolic OH excluding ortho intramolecular Hbond substituents is 1. The Balaban J connectivity index is 2.37. The molecular weight excluding hydrogens is 234 g/mol. The van der Waals surface area contributed by atoms with Crippen LogP contribution in [0.15, 0.2) is 48.5 Å². The zero-order valence-electron chi connectivity index (χ0n) is 11.6. The number of nitrogens with one attached hydrogen (secondary N) is 1. The number of hydrogen-bond acceptors (Lipinski definition) is 2. The summed E-state index contributed by atoms with van der Waals surface area (Å²) in [7, 11) is 1.96. The third-order valence-electron chi connectivity index (χ3n) is 3.45. The van der Waals surface area contributed by atoms with Crippen LogP contribution in [0.25, 0.3) is 0 Å². The number of benzene rings is 2. The lowest BCUT2D eigenvalue weighted by molar-refractivity contribution is 0.462. The van der Waals surface area contributed by atoms with Crippen molar-refractivity contribution < 1.29 is 5.11 Å². The van der Waals surface area contributed by atoms with Gasteiger partial charge in [0.2, 0.25) is 0 Å². The van der Waals surface area contributed by atoms with E-state index in [2.05, 4.69) is 23.5 Å². The molecule has 2 heteroatoms. The Morgan fingerprint density at radius 1 is 1.11 bits per heavy atom. The average Bonchev–Trinajstić information content (AvgIpc) is 2.42. The van der Waals surface area contributed by atoms with Crippen LogP contribution in [-0.2, 0) is 0 Å². The minimum Gasteiger partial charge on any atom is -0.508 e.